The topological polar surface area (TPSA) is 14.1 Å². The van der Waals surface area contributed by atoms with Crippen molar-refractivity contribution < 1.29 is 51.4 Å². The molecular formula is C6H12KN. The summed E-state index contributed by atoms with van der Waals surface area (Å²) in [6.45, 7) is 3.33. The average Bonchev–Trinajstić information content (AvgIpc) is 2.14. The molecule has 0 amide bonds. The van der Waals surface area contributed by atoms with Crippen LogP contribution in [0.4, 0.5) is 0 Å². The number of hydrogen-bond donors (Lipinski definition) is 0. The third-order valence-electron chi connectivity index (χ3n) is 1.55. The van der Waals surface area contributed by atoms with E-state index in [0.29, 0.717) is 0 Å². The molecule has 1 rings (SSSR count). The molecule has 0 saturated carbocycles. The SMILES string of the molecule is CCC1CCC[N-]1.[K+]. The Balaban J connectivity index is 0.000000490. The Morgan fingerprint density at radius 3 is 2.62 bits per heavy atom. The van der Waals surface area contributed by atoms with E-state index in [0.717, 1.165) is 12.6 Å². The van der Waals surface area contributed by atoms with Gasteiger partial charge in [-0.2, -0.15) is 0 Å². The smallest absolute Gasteiger partial charge is 0.660 e. The zero-order valence-electron chi connectivity index (χ0n) is 5.85. The van der Waals surface area contributed by atoms with E-state index >= 15 is 0 Å². The van der Waals surface area contributed by atoms with Gasteiger partial charge in [-0.3, -0.25) is 0 Å². The molecule has 2 heteroatoms. The van der Waals surface area contributed by atoms with Crippen LogP contribution in [0.2, 0.25) is 0 Å². The van der Waals surface area contributed by atoms with Crippen LogP contribution in [-0.2, 0) is 0 Å². The van der Waals surface area contributed by atoms with E-state index < -0.39 is 0 Å². The summed E-state index contributed by atoms with van der Waals surface area (Å²) in [6, 6.07) is 0.722. The molecule has 0 aromatic heterocycles. The summed E-state index contributed by atoms with van der Waals surface area (Å²) in [5.41, 5.74) is 0. The molecular weight excluding hydrogens is 125 g/mol. The van der Waals surface area contributed by atoms with Crippen LogP contribution in [0.25, 0.3) is 5.32 Å². The molecule has 1 aliphatic heterocycles. The fourth-order valence-electron chi connectivity index (χ4n) is 1.03. The number of hydrogen-bond acceptors (Lipinski definition) is 0. The van der Waals surface area contributed by atoms with E-state index in [9.17, 15) is 0 Å². The van der Waals surface area contributed by atoms with Crippen molar-refractivity contribution in [2.45, 2.75) is 32.2 Å². The van der Waals surface area contributed by atoms with Crippen molar-refractivity contribution in [1.82, 2.24) is 0 Å². The van der Waals surface area contributed by atoms with Crippen LogP contribution >= 0.6 is 0 Å². The van der Waals surface area contributed by atoms with Crippen molar-refractivity contribution in [2.24, 2.45) is 0 Å². The van der Waals surface area contributed by atoms with Gasteiger partial charge in [0.05, 0.1) is 0 Å². The maximum atomic E-state index is 4.35. The summed E-state index contributed by atoms with van der Waals surface area (Å²) in [7, 11) is 0. The van der Waals surface area contributed by atoms with E-state index in [1.54, 1.807) is 0 Å². The van der Waals surface area contributed by atoms with Crippen molar-refractivity contribution in [2.75, 3.05) is 6.54 Å². The van der Waals surface area contributed by atoms with Crippen molar-refractivity contribution in [3.05, 3.63) is 5.32 Å². The first kappa shape index (κ1) is 9.60. The molecule has 0 bridgehead atoms. The van der Waals surface area contributed by atoms with Crippen LogP contribution in [0.1, 0.15) is 26.2 Å². The molecule has 42 valence electrons. The monoisotopic (exact) mass is 137 g/mol. The predicted octanol–water partition coefficient (Wildman–Crippen LogP) is -1.06. The van der Waals surface area contributed by atoms with Gasteiger partial charge in [-0.25, -0.2) is 0 Å². The zero-order chi connectivity index (χ0) is 5.11. The van der Waals surface area contributed by atoms with Crippen molar-refractivity contribution >= 4 is 0 Å². The fourth-order valence-corrected chi connectivity index (χ4v) is 1.03. The Morgan fingerprint density at radius 2 is 2.38 bits per heavy atom. The van der Waals surface area contributed by atoms with Gasteiger partial charge in [0.25, 0.3) is 0 Å². The maximum Gasteiger partial charge on any atom is 1.00 e. The van der Waals surface area contributed by atoms with Gasteiger partial charge in [0, 0.05) is 0 Å². The van der Waals surface area contributed by atoms with Gasteiger partial charge in [-0.05, 0) is 0 Å². The molecule has 1 nitrogen and oxygen atoms in total. The third-order valence-corrected chi connectivity index (χ3v) is 1.55. The summed E-state index contributed by atoms with van der Waals surface area (Å²) in [6.07, 6.45) is 3.93. The minimum absolute atomic E-state index is 0. The van der Waals surface area contributed by atoms with Gasteiger partial charge < -0.3 is 5.32 Å². The Morgan fingerprint density at radius 1 is 1.62 bits per heavy atom. The van der Waals surface area contributed by atoms with Crippen molar-refractivity contribution in [3.8, 4) is 0 Å². The summed E-state index contributed by atoms with van der Waals surface area (Å²) in [5.74, 6) is 0. The molecule has 1 unspecified atom stereocenters. The normalized spacial score (nSPS) is 27.4. The van der Waals surface area contributed by atoms with E-state index in [1.807, 2.05) is 0 Å². The van der Waals surface area contributed by atoms with Crippen LogP contribution in [0, 0.1) is 0 Å². The van der Waals surface area contributed by atoms with E-state index in [1.165, 1.54) is 19.3 Å². The largest absolute Gasteiger partial charge is 1.00 e. The molecule has 0 radical (unpaired) electrons. The maximum absolute atomic E-state index is 4.35. The van der Waals surface area contributed by atoms with Gasteiger partial charge >= 0.3 is 51.4 Å². The second-order valence-corrected chi connectivity index (χ2v) is 2.11. The van der Waals surface area contributed by atoms with Gasteiger partial charge in [0.1, 0.15) is 0 Å². The summed E-state index contributed by atoms with van der Waals surface area (Å²) < 4.78 is 0. The Bertz CT molecular complexity index is 50.5. The molecule has 1 heterocycles. The van der Waals surface area contributed by atoms with Gasteiger partial charge in [-0.15, -0.1) is 12.6 Å². The fraction of sp³-hybridized carbons (Fsp3) is 1.00. The first-order valence-electron chi connectivity index (χ1n) is 3.10. The molecule has 0 aromatic carbocycles. The van der Waals surface area contributed by atoms with Gasteiger partial charge in [0.15, 0.2) is 0 Å². The molecule has 1 atom stereocenters. The van der Waals surface area contributed by atoms with Crippen LogP contribution in [0.5, 0.6) is 0 Å². The van der Waals surface area contributed by atoms with Crippen LogP contribution < -0.4 is 51.4 Å². The second kappa shape index (κ2) is 5.39. The molecule has 1 saturated heterocycles. The van der Waals surface area contributed by atoms with E-state index in [4.69, 9.17) is 0 Å². The second-order valence-electron chi connectivity index (χ2n) is 2.11. The number of nitrogens with zero attached hydrogens (tertiary/aromatic N) is 1. The Kier molecular flexibility index (Phi) is 6.46. The van der Waals surface area contributed by atoms with Crippen molar-refractivity contribution in [3.63, 3.8) is 0 Å². The van der Waals surface area contributed by atoms with Crippen molar-refractivity contribution in [1.29, 1.82) is 0 Å². The van der Waals surface area contributed by atoms with E-state index in [2.05, 4.69) is 12.2 Å². The third kappa shape index (κ3) is 2.94. The quantitative estimate of drug-likeness (QED) is 0.409. The minimum atomic E-state index is 0. The molecule has 0 N–H and O–H groups in total. The Hall–Kier alpha value is 1.60. The zero-order valence-corrected chi connectivity index (χ0v) is 8.98. The van der Waals surface area contributed by atoms with Crippen LogP contribution in [0.3, 0.4) is 0 Å². The average molecular weight is 137 g/mol. The minimum Gasteiger partial charge on any atom is -0.660 e. The van der Waals surface area contributed by atoms with Gasteiger partial charge in [-0.1, -0.05) is 26.2 Å². The van der Waals surface area contributed by atoms with Crippen LogP contribution in [0.15, 0.2) is 0 Å². The molecule has 1 fully saturated rings. The van der Waals surface area contributed by atoms with E-state index in [-0.39, 0.29) is 51.4 Å². The van der Waals surface area contributed by atoms with Gasteiger partial charge in [0.2, 0.25) is 0 Å². The summed E-state index contributed by atoms with van der Waals surface area (Å²) in [4.78, 5) is 0. The number of rotatable bonds is 1. The Labute approximate surface area is 94.0 Å². The standard InChI is InChI=1S/C6H12N.K/c1-2-6-4-3-5-7-6;/h6H,2-5H2,1H3;/q-1;+1. The predicted molar refractivity (Wildman–Crippen MR) is 31.5 cm³/mol. The molecule has 1 aliphatic rings. The first-order valence-corrected chi connectivity index (χ1v) is 3.10. The molecule has 0 aliphatic carbocycles. The molecule has 0 aromatic rings. The summed E-state index contributed by atoms with van der Waals surface area (Å²) in [5, 5.41) is 4.35. The van der Waals surface area contributed by atoms with Crippen LogP contribution in [-0.4, -0.2) is 12.6 Å². The summed E-state index contributed by atoms with van der Waals surface area (Å²) >= 11 is 0. The molecule has 0 spiro atoms. The first-order chi connectivity index (χ1) is 3.43. The molecule has 8 heavy (non-hydrogen) atoms.